The number of ether oxygens (including phenoxy) is 1. The number of carbonyl (C=O) groups excluding carboxylic acids is 1. The van der Waals surface area contributed by atoms with Crippen LogP contribution in [0.15, 0.2) is 54.6 Å². The topological polar surface area (TPSA) is 79.4 Å². The SMILES string of the molecule is Cc1cc(N2CCOCC2)nc(Nc2ccc(NC(=O)C3(c4ccc(Cl)cc4)CCCC3)cc2)n1. The molecule has 1 aliphatic carbocycles. The van der Waals surface area contributed by atoms with Crippen LogP contribution in [0.3, 0.4) is 0 Å². The highest BCUT2D eigenvalue weighted by Gasteiger charge is 2.42. The molecule has 2 aromatic carbocycles. The van der Waals surface area contributed by atoms with Crippen LogP contribution in [0.25, 0.3) is 0 Å². The molecule has 1 saturated carbocycles. The van der Waals surface area contributed by atoms with Gasteiger partial charge in [0.15, 0.2) is 0 Å². The summed E-state index contributed by atoms with van der Waals surface area (Å²) in [7, 11) is 0. The summed E-state index contributed by atoms with van der Waals surface area (Å²) in [4.78, 5) is 24.9. The lowest BCUT2D eigenvalue weighted by atomic mass is 9.78. The number of aryl methyl sites for hydroxylation is 1. The van der Waals surface area contributed by atoms with Crippen molar-refractivity contribution in [1.82, 2.24) is 9.97 Å². The molecule has 3 aromatic rings. The van der Waals surface area contributed by atoms with Crippen molar-refractivity contribution in [2.75, 3.05) is 41.8 Å². The number of morpholine rings is 1. The van der Waals surface area contributed by atoms with Gasteiger partial charge in [0.25, 0.3) is 0 Å². The molecular weight excluding hydrogens is 462 g/mol. The molecule has 8 heteroatoms. The summed E-state index contributed by atoms with van der Waals surface area (Å²) in [6, 6.07) is 17.4. The number of aromatic nitrogens is 2. The molecule has 2 fully saturated rings. The Labute approximate surface area is 210 Å². The summed E-state index contributed by atoms with van der Waals surface area (Å²) in [6.45, 7) is 5.02. The van der Waals surface area contributed by atoms with Gasteiger partial charge in [-0.15, -0.1) is 0 Å². The van der Waals surface area contributed by atoms with Crippen molar-refractivity contribution >= 4 is 40.6 Å². The Morgan fingerprint density at radius 2 is 1.63 bits per heavy atom. The summed E-state index contributed by atoms with van der Waals surface area (Å²) in [5.41, 5.74) is 3.04. The predicted molar refractivity (Wildman–Crippen MR) is 140 cm³/mol. The first-order chi connectivity index (χ1) is 17.0. The van der Waals surface area contributed by atoms with Gasteiger partial charge < -0.3 is 20.3 Å². The maximum Gasteiger partial charge on any atom is 0.235 e. The highest BCUT2D eigenvalue weighted by molar-refractivity contribution is 6.30. The third-order valence-corrected chi connectivity index (χ3v) is 7.12. The Hall–Kier alpha value is -3.16. The van der Waals surface area contributed by atoms with E-state index in [2.05, 4.69) is 20.5 Å². The van der Waals surface area contributed by atoms with Crippen LogP contribution in [0, 0.1) is 6.92 Å². The minimum absolute atomic E-state index is 0.0372. The fourth-order valence-electron chi connectivity index (χ4n) is 4.97. The molecule has 2 heterocycles. The molecule has 2 N–H and O–H groups in total. The second-order valence-electron chi connectivity index (χ2n) is 9.24. The van der Waals surface area contributed by atoms with E-state index in [4.69, 9.17) is 21.3 Å². The van der Waals surface area contributed by atoms with Crippen molar-refractivity contribution in [2.24, 2.45) is 0 Å². The van der Waals surface area contributed by atoms with Gasteiger partial charge in [-0.25, -0.2) is 4.98 Å². The molecular formula is C27H30ClN5O2. The van der Waals surface area contributed by atoms with Gasteiger partial charge in [-0.2, -0.15) is 4.98 Å². The van der Waals surface area contributed by atoms with Crippen LogP contribution in [-0.2, 0) is 14.9 Å². The second kappa shape index (κ2) is 10.2. The van der Waals surface area contributed by atoms with Crippen LogP contribution in [0.2, 0.25) is 5.02 Å². The fraction of sp³-hybridized carbons (Fsp3) is 0.370. The van der Waals surface area contributed by atoms with E-state index < -0.39 is 5.41 Å². The Morgan fingerprint density at radius 3 is 2.31 bits per heavy atom. The van der Waals surface area contributed by atoms with Crippen LogP contribution in [0.1, 0.15) is 36.9 Å². The number of anilines is 4. The molecule has 182 valence electrons. The zero-order valence-electron chi connectivity index (χ0n) is 19.9. The molecule has 0 unspecified atom stereocenters. The maximum absolute atomic E-state index is 13.4. The lowest BCUT2D eigenvalue weighted by Gasteiger charge is -2.28. The minimum Gasteiger partial charge on any atom is -0.378 e. The van der Waals surface area contributed by atoms with E-state index in [0.29, 0.717) is 24.2 Å². The van der Waals surface area contributed by atoms with E-state index in [1.165, 1.54) is 0 Å². The number of rotatable bonds is 6. The number of carbonyl (C=O) groups is 1. The summed E-state index contributed by atoms with van der Waals surface area (Å²) < 4.78 is 5.45. The molecule has 1 aromatic heterocycles. The third-order valence-electron chi connectivity index (χ3n) is 6.86. The van der Waals surface area contributed by atoms with Crippen LogP contribution in [-0.4, -0.2) is 42.2 Å². The lowest BCUT2D eigenvalue weighted by molar-refractivity contribution is -0.121. The average Bonchev–Trinajstić information content (AvgIpc) is 3.37. The summed E-state index contributed by atoms with van der Waals surface area (Å²) in [5.74, 6) is 1.49. The molecule has 1 amide bonds. The minimum atomic E-state index is -0.507. The first-order valence-corrected chi connectivity index (χ1v) is 12.5. The van der Waals surface area contributed by atoms with Crippen molar-refractivity contribution in [3.63, 3.8) is 0 Å². The molecule has 2 aliphatic rings. The smallest absolute Gasteiger partial charge is 0.235 e. The number of nitrogens with one attached hydrogen (secondary N) is 2. The second-order valence-corrected chi connectivity index (χ2v) is 9.68. The van der Waals surface area contributed by atoms with Gasteiger partial charge in [0, 0.05) is 41.2 Å². The van der Waals surface area contributed by atoms with Gasteiger partial charge in [0.2, 0.25) is 11.9 Å². The third kappa shape index (κ3) is 5.26. The van der Waals surface area contributed by atoms with E-state index in [0.717, 1.165) is 67.2 Å². The molecule has 7 nitrogen and oxygen atoms in total. The van der Waals surface area contributed by atoms with Crippen LogP contribution in [0.5, 0.6) is 0 Å². The molecule has 0 bridgehead atoms. The quantitative estimate of drug-likeness (QED) is 0.476. The molecule has 5 rings (SSSR count). The molecule has 0 radical (unpaired) electrons. The van der Waals surface area contributed by atoms with E-state index in [9.17, 15) is 4.79 Å². The van der Waals surface area contributed by atoms with Gasteiger partial charge in [-0.1, -0.05) is 36.6 Å². The Balaban J connectivity index is 1.28. The number of halogens is 1. The number of benzene rings is 2. The number of hydrogen-bond donors (Lipinski definition) is 2. The van der Waals surface area contributed by atoms with E-state index in [1.807, 2.05) is 61.5 Å². The molecule has 35 heavy (non-hydrogen) atoms. The first kappa shape index (κ1) is 23.6. The normalized spacial score (nSPS) is 17.3. The molecule has 0 spiro atoms. The largest absolute Gasteiger partial charge is 0.378 e. The van der Waals surface area contributed by atoms with Gasteiger partial charge in [0.1, 0.15) is 5.82 Å². The maximum atomic E-state index is 13.4. The first-order valence-electron chi connectivity index (χ1n) is 12.1. The molecule has 0 atom stereocenters. The van der Waals surface area contributed by atoms with Crippen LogP contribution >= 0.6 is 11.6 Å². The van der Waals surface area contributed by atoms with Crippen LogP contribution < -0.4 is 15.5 Å². The Kier molecular flexibility index (Phi) is 6.88. The molecule has 1 saturated heterocycles. The van der Waals surface area contributed by atoms with Crippen molar-refractivity contribution in [1.29, 1.82) is 0 Å². The van der Waals surface area contributed by atoms with Crippen molar-refractivity contribution in [3.05, 3.63) is 70.9 Å². The van der Waals surface area contributed by atoms with E-state index in [1.54, 1.807) is 0 Å². The summed E-state index contributed by atoms with van der Waals surface area (Å²) >= 11 is 6.08. The predicted octanol–water partition coefficient (Wildman–Crippen LogP) is 5.47. The summed E-state index contributed by atoms with van der Waals surface area (Å²) in [5, 5.41) is 7.11. The standard InChI is InChI=1S/C27H30ClN5O2/c1-19-18-24(33-14-16-35-17-15-33)32-26(29-19)31-23-10-8-22(9-11-23)30-25(34)27(12-2-3-13-27)20-4-6-21(28)7-5-20/h4-11,18H,2-3,12-17H2,1H3,(H,30,34)(H,29,31,32). The highest BCUT2D eigenvalue weighted by atomic mass is 35.5. The number of amides is 1. The Bertz CT molecular complexity index is 1170. The van der Waals surface area contributed by atoms with Crippen molar-refractivity contribution < 1.29 is 9.53 Å². The van der Waals surface area contributed by atoms with Gasteiger partial charge >= 0.3 is 0 Å². The highest BCUT2D eigenvalue weighted by Crippen LogP contribution is 2.42. The van der Waals surface area contributed by atoms with Crippen LogP contribution in [0.4, 0.5) is 23.1 Å². The number of nitrogens with zero attached hydrogens (tertiary/aromatic N) is 3. The zero-order valence-corrected chi connectivity index (χ0v) is 20.6. The monoisotopic (exact) mass is 491 g/mol. The fourth-order valence-corrected chi connectivity index (χ4v) is 5.10. The van der Waals surface area contributed by atoms with Crippen molar-refractivity contribution in [2.45, 2.75) is 38.0 Å². The number of hydrogen-bond acceptors (Lipinski definition) is 6. The summed E-state index contributed by atoms with van der Waals surface area (Å²) in [6.07, 6.45) is 3.77. The van der Waals surface area contributed by atoms with Gasteiger partial charge in [-0.3, -0.25) is 4.79 Å². The van der Waals surface area contributed by atoms with Crippen molar-refractivity contribution in [3.8, 4) is 0 Å². The van der Waals surface area contributed by atoms with Gasteiger partial charge in [-0.05, 0) is 61.7 Å². The molecule has 1 aliphatic heterocycles. The van der Waals surface area contributed by atoms with Gasteiger partial charge in [0.05, 0.1) is 18.6 Å². The zero-order chi connectivity index (χ0) is 24.3. The lowest BCUT2D eigenvalue weighted by Crippen LogP contribution is -2.37. The Morgan fingerprint density at radius 1 is 0.971 bits per heavy atom. The average molecular weight is 492 g/mol. The van der Waals surface area contributed by atoms with E-state index >= 15 is 0 Å². The van der Waals surface area contributed by atoms with E-state index in [-0.39, 0.29) is 5.91 Å².